The third-order valence-corrected chi connectivity index (χ3v) is 5.14. The summed E-state index contributed by atoms with van der Waals surface area (Å²) in [5, 5.41) is 0. The van der Waals surface area contributed by atoms with Crippen LogP contribution in [0.3, 0.4) is 0 Å². The molecule has 3 heterocycles. The third kappa shape index (κ3) is 3.77. The molecule has 3 aliphatic rings. The van der Waals surface area contributed by atoms with Gasteiger partial charge < -0.3 is 19.1 Å². The first-order valence-electron chi connectivity index (χ1n) is 9.17. The fraction of sp³-hybridized carbons (Fsp3) is 0.722. The van der Waals surface area contributed by atoms with Crippen LogP contribution in [0.15, 0.2) is 12.4 Å². The third-order valence-electron chi connectivity index (χ3n) is 5.14. The van der Waals surface area contributed by atoms with Gasteiger partial charge in [-0.2, -0.15) is 0 Å². The van der Waals surface area contributed by atoms with Crippen LogP contribution in [0.2, 0.25) is 0 Å². The average Bonchev–Trinajstić information content (AvgIpc) is 3.39. The summed E-state index contributed by atoms with van der Waals surface area (Å²) in [6.45, 7) is 5.13. The van der Waals surface area contributed by atoms with Crippen molar-refractivity contribution in [3.8, 4) is 5.88 Å². The second-order valence-electron chi connectivity index (χ2n) is 7.31. The highest BCUT2D eigenvalue weighted by Gasteiger charge is 2.45. The zero-order chi connectivity index (χ0) is 17.3. The van der Waals surface area contributed by atoms with Crippen LogP contribution in [0, 0.1) is 5.92 Å². The van der Waals surface area contributed by atoms with E-state index in [4.69, 9.17) is 14.2 Å². The maximum atomic E-state index is 12.9. The van der Waals surface area contributed by atoms with E-state index in [1.54, 1.807) is 6.20 Å². The monoisotopic (exact) mass is 347 g/mol. The average molecular weight is 347 g/mol. The molecule has 7 nitrogen and oxygen atoms in total. The first kappa shape index (κ1) is 16.7. The molecule has 0 aromatic carbocycles. The Balaban J connectivity index is 1.43. The number of hydrogen-bond acceptors (Lipinski definition) is 6. The van der Waals surface area contributed by atoms with Crippen LogP contribution in [0.1, 0.15) is 43.1 Å². The normalized spacial score (nSPS) is 29.2. The Morgan fingerprint density at radius 1 is 1.40 bits per heavy atom. The Hall–Kier alpha value is -1.73. The first-order valence-corrected chi connectivity index (χ1v) is 9.17. The van der Waals surface area contributed by atoms with Crippen LogP contribution in [0.25, 0.3) is 0 Å². The van der Waals surface area contributed by atoms with Gasteiger partial charge in [-0.3, -0.25) is 4.79 Å². The molecule has 7 heteroatoms. The predicted molar refractivity (Wildman–Crippen MR) is 89.5 cm³/mol. The fourth-order valence-corrected chi connectivity index (χ4v) is 3.41. The van der Waals surface area contributed by atoms with Gasteiger partial charge in [0.15, 0.2) is 0 Å². The van der Waals surface area contributed by atoms with E-state index in [1.807, 2.05) is 4.90 Å². The molecule has 1 aromatic rings. The Labute approximate surface area is 147 Å². The van der Waals surface area contributed by atoms with Crippen molar-refractivity contribution in [1.29, 1.82) is 0 Å². The van der Waals surface area contributed by atoms with E-state index in [1.165, 1.54) is 19.0 Å². The maximum absolute atomic E-state index is 12.9. The lowest BCUT2D eigenvalue weighted by molar-refractivity contribution is -0.145. The largest absolute Gasteiger partial charge is 0.476 e. The molecular formula is C18H25N3O4. The van der Waals surface area contributed by atoms with E-state index in [0.29, 0.717) is 50.4 Å². The molecule has 136 valence electrons. The Kier molecular flexibility index (Phi) is 4.60. The van der Waals surface area contributed by atoms with Gasteiger partial charge in [0.2, 0.25) is 5.88 Å². The molecule has 1 aliphatic carbocycles. The highest BCUT2D eigenvalue weighted by molar-refractivity contribution is 5.92. The summed E-state index contributed by atoms with van der Waals surface area (Å²) in [5.41, 5.74) is -0.0143. The molecule has 2 saturated heterocycles. The van der Waals surface area contributed by atoms with Gasteiger partial charge in [-0.15, -0.1) is 0 Å². The summed E-state index contributed by atoms with van der Waals surface area (Å²) < 4.78 is 17.3. The molecule has 0 unspecified atom stereocenters. The molecule has 1 spiro atoms. The molecule has 1 saturated carbocycles. The SMILES string of the molecule is CC[C@H]1CN(C(=O)c2cnc(OCC3CC3)cn2)C[C@]2(CCOC2)O1. The van der Waals surface area contributed by atoms with Crippen molar-refractivity contribution in [3.05, 3.63) is 18.1 Å². The van der Waals surface area contributed by atoms with Crippen LogP contribution in [0.4, 0.5) is 0 Å². The summed E-state index contributed by atoms with van der Waals surface area (Å²) in [6, 6.07) is 0. The smallest absolute Gasteiger partial charge is 0.274 e. The van der Waals surface area contributed by atoms with Crippen LogP contribution in [0.5, 0.6) is 5.88 Å². The molecule has 0 radical (unpaired) electrons. The summed E-state index contributed by atoms with van der Waals surface area (Å²) in [6.07, 6.45) is 7.24. The second-order valence-corrected chi connectivity index (χ2v) is 7.31. The van der Waals surface area contributed by atoms with E-state index in [2.05, 4.69) is 16.9 Å². The van der Waals surface area contributed by atoms with E-state index in [9.17, 15) is 4.79 Å². The van der Waals surface area contributed by atoms with Crippen molar-refractivity contribution in [2.45, 2.75) is 44.3 Å². The second kappa shape index (κ2) is 6.88. The lowest BCUT2D eigenvalue weighted by Gasteiger charge is -2.43. The van der Waals surface area contributed by atoms with Crippen molar-refractivity contribution < 1.29 is 19.0 Å². The molecule has 0 N–H and O–H groups in total. The fourth-order valence-electron chi connectivity index (χ4n) is 3.41. The molecule has 1 aromatic heterocycles. The van der Waals surface area contributed by atoms with Crippen molar-refractivity contribution in [2.75, 3.05) is 32.9 Å². The van der Waals surface area contributed by atoms with Crippen molar-refractivity contribution in [2.24, 2.45) is 5.92 Å². The van der Waals surface area contributed by atoms with E-state index < -0.39 is 0 Å². The number of aromatic nitrogens is 2. The highest BCUT2D eigenvalue weighted by Crippen LogP contribution is 2.32. The number of carbonyl (C=O) groups is 1. The molecule has 4 rings (SSSR count). The van der Waals surface area contributed by atoms with Crippen LogP contribution >= 0.6 is 0 Å². The van der Waals surface area contributed by atoms with E-state index in [0.717, 1.165) is 12.8 Å². The number of ether oxygens (including phenoxy) is 3. The molecule has 1 amide bonds. The number of rotatable bonds is 5. The summed E-state index contributed by atoms with van der Waals surface area (Å²) in [7, 11) is 0. The highest BCUT2D eigenvalue weighted by atomic mass is 16.6. The number of amides is 1. The van der Waals surface area contributed by atoms with Gasteiger partial charge in [0.1, 0.15) is 11.3 Å². The number of morpholine rings is 1. The number of nitrogens with zero attached hydrogens (tertiary/aromatic N) is 3. The minimum atomic E-state index is -0.366. The van der Waals surface area contributed by atoms with Crippen LogP contribution < -0.4 is 4.74 Å². The van der Waals surface area contributed by atoms with Gasteiger partial charge in [-0.1, -0.05) is 6.92 Å². The summed E-state index contributed by atoms with van der Waals surface area (Å²) >= 11 is 0. The maximum Gasteiger partial charge on any atom is 0.274 e. The molecule has 2 atom stereocenters. The lowest BCUT2D eigenvalue weighted by Crippen LogP contribution is -2.57. The quantitative estimate of drug-likeness (QED) is 0.807. The zero-order valence-corrected chi connectivity index (χ0v) is 14.6. The van der Waals surface area contributed by atoms with E-state index in [-0.39, 0.29) is 17.6 Å². The van der Waals surface area contributed by atoms with Gasteiger partial charge in [0, 0.05) is 19.6 Å². The molecule has 0 bridgehead atoms. The molecular weight excluding hydrogens is 322 g/mol. The predicted octanol–water partition coefficient (Wildman–Crippen LogP) is 1.68. The van der Waals surface area contributed by atoms with Gasteiger partial charge >= 0.3 is 0 Å². The lowest BCUT2D eigenvalue weighted by atomic mass is 9.98. The Bertz CT molecular complexity index is 611. The number of carbonyl (C=O) groups excluding carboxylic acids is 1. The van der Waals surface area contributed by atoms with Crippen molar-refractivity contribution in [3.63, 3.8) is 0 Å². The van der Waals surface area contributed by atoms with Gasteiger partial charge in [0.05, 0.1) is 38.3 Å². The topological polar surface area (TPSA) is 73.8 Å². The summed E-state index contributed by atoms with van der Waals surface area (Å²) in [4.78, 5) is 23.2. The number of hydrogen-bond donors (Lipinski definition) is 0. The minimum Gasteiger partial charge on any atom is -0.476 e. The van der Waals surface area contributed by atoms with Gasteiger partial charge in [-0.05, 0) is 25.2 Å². The molecule has 25 heavy (non-hydrogen) atoms. The first-order chi connectivity index (χ1) is 12.2. The standard InChI is InChI=1S/C18H25N3O4/c1-2-14-9-21(11-18(25-14)5-6-23-12-18)17(22)15-7-20-16(8-19-15)24-10-13-3-4-13/h7-8,13-14H,2-6,9-12H2,1H3/t14-,18-/m0/s1. The van der Waals surface area contributed by atoms with Gasteiger partial charge in [0.25, 0.3) is 5.91 Å². The molecule has 2 aliphatic heterocycles. The Morgan fingerprint density at radius 2 is 2.28 bits per heavy atom. The minimum absolute atomic E-state index is 0.0357. The summed E-state index contributed by atoms with van der Waals surface area (Å²) in [5.74, 6) is 1.04. The zero-order valence-electron chi connectivity index (χ0n) is 14.6. The van der Waals surface area contributed by atoms with Crippen molar-refractivity contribution in [1.82, 2.24) is 14.9 Å². The van der Waals surface area contributed by atoms with Crippen LogP contribution in [-0.4, -0.2) is 65.4 Å². The Morgan fingerprint density at radius 3 is 2.92 bits per heavy atom. The van der Waals surface area contributed by atoms with E-state index >= 15 is 0 Å². The van der Waals surface area contributed by atoms with Gasteiger partial charge in [-0.25, -0.2) is 9.97 Å². The molecule has 3 fully saturated rings. The van der Waals surface area contributed by atoms with Crippen molar-refractivity contribution >= 4 is 5.91 Å². The van der Waals surface area contributed by atoms with Crippen LogP contribution in [-0.2, 0) is 9.47 Å².